The van der Waals surface area contributed by atoms with Crippen LogP contribution in [-0.4, -0.2) is 72.5 Å². The molecule has 3 aromatic heterocycles. The first kappa shape index (κ1) is 42.6. The Morgan fingerprint density at radius 3 is 2.39 bits per heavy atom. The van der Waals surface area contributed by atoms with Crippen LogP contribution >= 0.6 is 0 Å². The molecule has 7 rings (SSSR count). The molecule has 1 fully saturated rings. The summed E-state index contributed by atoms with van der Waals surface area (Å²) >= 11 is 0. The fourth-order valence-electron chi connectivity index (χ4n) is 8.35. The summed E-state index contributed by atoms with van der Waals surface area (Å²) in [4.78, 5) is 68.0. The number of allylic oxidation sites excluding steroid dienone is 4. The summed E-state index contributed by atoms with van der Waals surface area (Å²) in [6, 6.07) is 15.1. The topological polar surface area (TPSA) is 164 Å². The lowest BCUT2D eigenvalue weighted by Crippen LogP contribution is -2.42. The van der Waals surface area contributed by atoms with E-state index in [4.69, 9.17) is 15.0 Å². The van der Waals surface area contributed by atoms with Gasteiger partial charge < -0.3 is 20.9 Å². The summed E-state index contributed by atoms with van der Waals surface area (Å²) in [5.74, 6) is -0.823. The van der Waals surface area contributed by atoms with E-state index in [2.05, 4.69) is 41.5 Å². The Bertz CT molecular complexity index is 2670. The highest BCUT2D eigenvalue weighted by Crippen LogP contribution is 2.40. The Morgan fingerprint density at radius 2 is 1.67 bits per heavy atom. The maximum Gasteiger partial charge on any atom is 0.283 e. The average Bonchev–Trinajstić information content (AvgIpc) is 3.68. The van der Waals surface area contributed by atoms with Gasteiger partial charge in [0.25, 0.3) is 5.91 Å². The number of benzene rings is 2. The highest BCUT2D eigenvalue weighted by atomic mass is 19.1. The van der Waals surface area contributed by atoms with Gasteiger partial charge in [0, 0.05) is 88.7 Å². The van der Waals surface area contributed by atoms with Crippen molar-refractivity contribution in [3.8, 4) is 11.3 Å². The van der Waals surface area contributed by atoms with Gasteiger partial charge in [-0.15, -0.1) is 0 Å². The number of amides is 2. The number of fused-ring (bicyclic) bond motifs is 2. The Kier molecular flexibility index (Phi) is 12.0. The first-order valence-corrected chi connectivity index (χ1v) is 20.7. The molecule has 316 valence electrons. The predicted octanol–water partition coefficient (Wildman–Crippen LogP) is 8.37. The van der Waals surface area contributed by atoms with Crippen molar-refractivity contribution in [2.45, 2.75) is 80.2 Å². The number of Topliss-reactive ketones (excluding diaryl/α,β-unsaturated/α-hetero) is 2. The Morgan fingerprint density at radius 1 is 0.951 bits per heavy atom. The molecule has 2 aromatic carbocycles. The number of ketones is 2. The molecule has 0 unspecified atom stereocenters. The number of nitrogens with zero attached hydrogens (tertiary/aromatic N) is 6. The third-order valence-corrected chi connectivity index (χ3v) is 12.0. The van der Waals surface area contributed by atoms with Crippen molar-refractivity contribution in [3.05, 3.63) is 107 Å². The first-order chi connectivity index (χ1) is 29.0. The minimum absolute atomic E-state index is 0.0219. The highest BCUT2D eigenvalue weighted by molar-refractivity contribution is 6.25. The van der Waals surface area contributed by atoms with Crippen LogP contribution in [-0.2, 0) is 25.7 Å². The molecule has 14 heteroatoms. The number of anilines is 3. The van der Waals surface area contributed by atoms with Crippen LogP contribution in [0.2, 0.25) is 0 Å². The molecule has 61 heavy (non-hydrogen) atoms. The number of pyridine rings is 1. The molecule has 0 spiro atoms. The lowest BCUT2D eigenvalue weighted by atomic mass is 9.71. The molecule has 1 aliphatic heterocycles. The summed E-state index contributed by atoms with van der Waals surface area (Å²) in [6.45, 7) is 18.3. The normalized spacial score (nSPS) is 15.3. The van der Waals surface area contributed by atoms with Crippen LogP contribution in [0, 0.1) is 11.3 Å². The zero-order chi connectivity index (χ0) is 43.7. The third kappa shape index (κ3) is 8.70. The van der Waals surface area contributed by atoms with Crippen LogP contribution in [0.3, 0.4) is 0 Å². The minimum atomic E-state index is -1.06. The Hall–Kier alpha value is -6.57. The lowest BCUT2D eigenvalue weighted by molar-refractivity contribution is -0.134. The van der Waals surface area contributed by atoms with E-state index < -0.39 is 17.1 Å². The van der Waals surface area contributed by atoms with Crippen LogP contribution in [0.4, 0.5) is 22.0 Å². The fourth-order valence-corrected chi connectivity index (χ4v) is 8.35. The molecular weight excluding hydrogens is 774 g/mol. The van der Waals surface area contributed by atoms with Crippen molar-refractivity contribution >= 4 is 57.4 Å². The zero-order valence-electron chi connectivity index (χ0n) is 35.8. The van der Waals surface area contributed by atoms with E-state index in [9.17, 15) is 23.6 Å². The van der Waals surface area contributed by atoms with Crippen molar-refractivity contribution in [2.24, 2.45) is 11.3 Å². The number of halogens is 1. The summed E-state index contributed by atoms with van der Waals surface area (Å²) in [5.41, 5.74) is 5.77. The van der Waals surface area contributed by atoms with Crippen LogP contribution < -0.4 is 16.0 Å². The summed E-state index contributed by atoms with van der Waals surface area (Å²) in [7, 11) is 0. The Balaban J connectivity index is 1.03. The van der Waals surface area contributed by atoms with Gasteiger partial charge in [-0.2, -0.15) is 19.6 Å². The van der Waals surface area contributed by atoms with Gasteiger partial charge in [-0.3, -0.25) is 24.2 Å². The monoisotopic (exact) mass is 825 g/mol. The summed E-state index contributed by atoms with van der Waals surface area (Å²) in [6.07, 6.45) is 5.25. The van der Waals surface area contributed by atoms with Crippen LogP contribution in [0.25, 0.3) is 27.7 Å². The maximum absolute atomic E-state index is 13.6. The number of hydrogen-bond donors (Lipinski definition) is 3. The molecule has 1 saturated heterocycles. The second-order valence-corrected chi connectivity index (χ2v) is 17.0. The lowest BCUT2D eigenvalue weighted by Gasteiger charge is -2.36. The zero-order valence-corrected chi connectivity index (χ0v) is 35.8. The van der Waals surface area contributed by atoms with Crippen molar-refractivity contribution in [3.63, 3.8) is 0 Å². The van der Waals surface area contributed by atoms with E-state index in [1.54, 1.807) is 43.6 Å². The number of carbonyl (C=O) groups is 4. The molecule has 0 saturated carbocycles. The van der Waals surface area contributed by atoms with Gasteiger partial charge in [0.15, 0.2) is 23.0 Å². The molecule has 2 amide bonds. The number of hydrogen-bond acceptors (Lipinski definition) is 10. The average molecular weight is 826 g/mol. The van der Waals surface area contributed by atoms with Crippen molar-refractivity contribution in [1.29, 1.82) is 0 Å². The molecule has 1 aliphatic carbocycles. The van der Waals surface area contributed by atoms with E-state index >= 15 is 0 Å². The van der Waals surface area contributed by atoms with Gasteiger partial charge >= 0.3 is 0 Å². The molecule has 0 bridgehead atoms. The molecule has 0 radical (unpaired) electrons. The molecular formula is C47H52FN9O4. The number of likely N-dealkylation sites (tertiary alicyclic amines) is 1. The number of nitrogens with one attached hydrogen (secondary N) is 3. The van der Waals surface area contributed by atoms with Crippen molar-refractivity contribution in [1.82, 2.24) is 29.5 Å². The number of aromatic nitrogens is 5. The maximum atomic E-state index is 13.6. The van der Waals surface area contributed by atoms with Gasteiger partial charge in [-0.1, -0.05) is 64.6 Å². The molecule has 13 nitrogen and oxygen atoms in total. The van der Waals surface area contributed by atoms with Gasteiger partial charge in [-0.25, -0.2) is 4.39 Å². The Labute approximate surface area is 354 Å². The SMILES string of the molecule is C=C(F)C(=O)Nc1ccc2c(-c3ccccc3CNc3nc(NCC4CCN(C(=O)CC(C)(C)C5=C(C)C(=O)C(C)=C(C)C5=O)CC4)nc4c(C(C)C)cnn34)nccc2c1. The van der Waals surface area contributed by atoms with Gasteiger partial charge in [0.2, 0.25) is 17.8 Å². The van der Waals surface area contributed by atoms with E-state index in [0.29, 0.717) is 71.7 Å². The molecule has 4 heterocycles. The van der Waals surface area contributed by atoms with Crippen molar-refractivity contribution < 1.29 is 23.6 Å². The van der Waals surface area contributed by atoms with E-state index in [0.717, 1.165) is 46.0 Å². The highest BCUT2D eigenvalue weighted by Gasteiger charge is 2.39. The van der Waals surface area contributed by atoms with Crippen LogP contribution in [0.15, 0.2) is 95.6 Å². The van der Waals surface area contributed by atoms with Gasteiger partial charge in [0.05, 0.1) is 11.9 Å². The predicted molar refractivity (Wildman–Crippen MR) is 236 cm³/mol. The second kappa shape index (κ2) is 17.2. The van der Waals surface area contributed by atoms with E-state index in [1.165, 1.54) is 0 Å². The quantitative estimate of drug-likeness (QED) is 0.0777. The standard InChI is InChI=1S/C47H52FN9O4/c1-26(2)37-25-52-57-43(37)54-45(50-23-31-16-19-56(20-17-31)38(58)22-47(7,8)39-29(5)41(59)27(3)28(4)42(39)60)55-46(57)51-24-33-11-9-10-12-35(33)40-36-14-13-34(53-44(61)30(6)48)21-32(36)15-18-49-40/h9-15,18,21,25-26,31H,6,16-17,19-20,22-24H2,1-5,7-8H3,(H,53,61)(H2,50,51,54,55). The molecule has 2 aliphatic rings. The second-order valence-electron chi connectivity index (χ2n) is 17.0. The van der Waals surface area contributed by atoms with Crippen molar-refractivity contribution in [2.75, 3.05) is 35.6 Å². The molecule has 5 aromatic rings. The molecule has 0 atom stereocenters. The summed E-state index contributed by atoms with van der Waals surface area (Å²) < 4.78 is 15.1. The first-order valence-electron chi connectivity index (χ1n) is 20.7. The number of carbonyl (C=O) groups excluding carboxylic acids is 4. The van der Waals surface area contributed by atoms with Crippen LogP contribution in [0.5, 0.6) is 0 Å². The summed E-state index contributed by atoms with van der Waals surface area (Å²) in [5, 5.41) is 15.8. The van der Waals surface area contributed by atoms with Gasteiger partial charge in [-0.05, 0) is 74.6 Å². The van der Waals surface area contributed by atoms with E-state index in [-0.39, 0.29) is 35.7 Å². The molecule has 3 N–H and O–H groups in total. The third-order valence-electron chi connectivity index (χ3n) is 12.0. The largest absolute Gasteiger partial charge is 0.354 e. The number of piperidine rings is 1. The smallest absolute Gasteiger partial charge is 0.283 e. The minimum Gasteiger partial charge on any atom is -0.354 e. The fraction of sp³-hybridized carbons (Fsp3) is 0.362. The van der Waals surface area contributed by atoms with E-state index in [1.807, 2.05) is 61.3 Å². The van der Waals surface area contributed by atoms with Crippen LogP contribution in [0.1, 0.15) is 84.8 Å². The van der Waals surface area contributed by atoms with Gasteiger partial charge in [0.1, 0.15) is 0 Å². The number of rotatable bonds is 13.